The first-order valence-electron chi connectivity index (χ1n) is 4.49. The maximum Gasteiger partial charge on any atom is 0.424 e. The van der Waals surface area contributed by atoms with Gasteiger partial charge in [-0.15, -0.1) is 0 Å². The Morgan fingerprint density at radius 2 is 1.75 bits per heavy atom. The normalized spacial score (nSPS) is 15.9. The topological polar surface area (TPSA) is 26.0 Å². The van der Waals surface area contributed by atoms with Gasteiger partial charge in [0.1, 0.15) is 5.82 Å². The van der Waals surface area contributed by atoms with Crippen molar-refractivity contribution in [3.63, 3.8) is 0 Å². The summed E-state index contributed by atoms with van der Waals surface area (Å²) in [7, 11) is 0. The molecule has 1 aromatic carbocycles. The van der Waals surface area contributed by atoms with E-state index in [9.17, 15) is 22.0 Å². The van der Waals surface area contributed by atoms with Gasteiger partial charge >= 0.3 is 6.18 Å². The number of alkyl halides is 4. The van der Waals surface area contributed by atoms with E-state index in [1.54, 1.807) is 0 Å². The number of benzene rings is 1. The van der Waals surface area contributed by atoms with Crippen molar-refractivity contribution in [2.45, 2.75) is 18.3 Å². The minimum atomic E-state index is -5.06. The van der Waals surface area contributed by atoms with Gasteiger partial charge in [0, 0.05) is 13.0 Å². The number of hydrogen-bond donors (Lipinski definition) is 1. The highest BCUT2D eigenvalue weighted by atomic mass is 19.4. The molecule has 0 aliphatic carbocycles. The highest BCUT2D eigenvalue weighted by Gasteiger charge is 2.54. The molecule has 0 amide bonds. The highest BCUT2D eigenvalue weighted by Crippen LogP contribution is 2.36. The second-order valence-electron chi connectivity index (χ2n) is 3.47. The molecular formula is C10H10F5N. The van der Waals surface area contributed by atoms with Crippen molar-refractivity contribution in [2.75, 3.05) is 6.54 Å². The average molecular weight is 239 g/mol. The Labute approximate surface area is 89.1 Å². The van der Waals surface area contributed by atoms with Crippen LogP contribution in [0.4, 0.5) is 22.0 Å². The monoisotopic (exact) mass is 239 g/mol. The van der Waals surface area contributed by atoms with Crippen molar-refractivity contribution in [1.82, 2.24) is 0 Å². The van der Waals surface area contributed by atoms with Crippen LogP contribution in [-0.2, 0) is 6.42 Å². The van der Waals surface area contributed by atoms with Gasteiger partial charge in [0.15, 0.2) is 0 Å². The third kappa shape index (κ3) is 2.69. The average Bonchev–Trinajstić information content (AvgIpc) is 2.15. The summed E-state index contributed by atoms with van der Waals surface area (Å²) in [6, 6.07) is 4.37. The Hall–Kier alpha value is -1.17. The lowest BCUT2D eigenvalue weighted by atomic mass is 9.96. The SMILES string of the molecule is NCC(F)(Cc1cccc(F)c1)C(F)(F)F. The molecule has 90 valence electrons. The fraction of sp³-hybridized carbons (Fsp3) is 0.400. The van der Waals surface area contributed by atoms with Crippen LogP contribution in [0.3, 0.4) is 0 Å². The second-order valence-corrected chi connectivity index (χ2v) is 3.47. The first kappa shape index (κ1) is 12.9. The molecule has 0 radical (unpaired) electrons. The number of hydrogen-bond acceptors (Lipinski definition) is 1. The fourth-order valence-electron chi connectivity index (χ4n) is 1.26. The Balaban J connectivity index is 2.94. The first-order valence-corrected chi connectivity index (χ1v) is 4.49. The smallest absolute Gasteiger partial charge is 0.327 e. The van der Waals surface area contributed by atoms with E-state index in [1.165, 1.54) is 12.1 Å². The molecular weight excluding hydrogens is 229 g/mol. The van der Waals surface area contributed by atoms with E-state index < -0.39 is 30.6 Å². The molecule has 1 unspecified atom stereocenters. The van der Waals surface area contributed by atoms with Crippen LogP contribution in [0.2, 0.25) is 0 Å². The third-order valence-corrected chi connectivity index (χ3v) is 2.20. The number of nitrogens with two attached hydrogens (primary N) is 1. The molecule has 0 heterocycles. The lowest BCUT2D eigenvalue weighted by Crippen LogP contribution is -2.49. The molecule has 1 aromatic rings. The Morgan fingerprint density at radius 3 is 2.19 bits per heavy atom. The van der Waals surface area contributed by atoms with E-state index in [-0.39, 0.29) is 5.56 Å². The van der Waals surface area contributed by atoms with Gasteiger partial charge in [-0.1, -0.05) is 12.1 Å². The number of rotatable bonds is 3. The predicted molar refractivity (Wildman–Crippen MR) is 49.1 cm³/mol. The van der Waals surface area contributed by atoms with Crippen LogP contribution in [0, 0.1) is 5.82 Å². The standard InChI is InChI=1S/C10H10F5N/c11-8-3-1-2-7(4-8)5-9(12,6-16)10(13,14)15/h1-4H,5-6,16H2. The van der Waals surface area contributed by atoms with E-state index in [2.05, 4.69) is 0 Å². The minimum Gasteiger partial charge on any atom is -0.327 e. The highest BCUT2D eigenvalue weighted by molar-refractivity contribution is 5.19. The van der Waals surface area contributed by atoms with Gasteiger partial charge in [-0.2, -0.15) is 13.2 Å². The summed E-state index contributed by atoms with van der Waals surface area (Å²) in [6.07, 6.45) is -6.04. The van der Waals surface area contributed by atoms with E-state index >= 15 is 0 Å². The van der Waals surface area contributed by atoms with Gasteiger partial charge in [0.2, 0.25) is 5.67 Å². The molecule has 1 nitrogen and oxygen atoms in total. The summed E-state index contributed by atoms with van der Waals surface area (Å²) in [5.74, 6) is -0.709. The molecule has 0 fully saturated rings. The maximum absolute atomic E-state index is 13.5. The zero-order chi connectivity index (χ0) is 12.4. The molecule has 0 spiro atoms. The van der Waals surface area contributed by atoms with Crippen molar-refractivity contribution < 1.29 is 22.0 Å². The van der Waals surface area contributed by atoms with Gasteiger partial charge in [-0.25, -0.2) is 8.78 Å². The molecule has 0 saturated heterocycles. The van der Waals surface area contributed by atoms with Crippen LogP contribution in [0.25, 0.3) is 0 Å². The summed E-state index contributed by atoms with van der Waals surface area (Å²) in [5.41, 5.74) is 1.20. The van der Waals surface area contributed by atoms with Gasteiger partial charge in [0.05, 0.1) is 0 Å². The zero-order valence-electron chi connectivity index (χ0n) is 8.19. The summed E-state index contributed by atoms with van der Waals surface area (Å²) in [4.78, 5) is 0. The summed E-state index contributed by atoms with van der Waals surface area (Å²) in [6.45, 7) is -1.19. The Kier molecular flexibility index (Phi) is 3.52. The minimum absolute atomic E-state index is 0.0784. The lowest BCUT2D eigenvalue weighted by Gasteiger charge is -2.26. The van der Waals surface area contributed by atoms with Crippen molar-refractivity contribution >= 4 is 0 Å². The lowest BCUT2D eigenvalue weighted by molar-refractivity contribution is -0.226. The number of halogens is 5. The van der Waals surface area contributed by atoms with Crippen molar-refractivity contribution in [1.29, 1.82) is 0 Å². The molecule has 1 rings (SSSR count). The zero-order valence-corrected chi connectivity index (χ0v) is 8.19. The maximum atomic E-state index is 13.5. The Morgan fingerprint density at radius 1 is 1.12 bits per heavy atom. The van der Waals surface area contributed by atoms with E-state index in [4.69, 9.17) is 5.73 Å². The molecule has 0 saturated carbocycles. The molecule has 0 aromatic heterocycles. The first-order chi connectivity index (χ1) is 7.28. The van der Waals surface area contributed by atoms with Crippen molar-refractivity contribution in [3.05, 3.63) is 35.6 Å². The van der Waals surface area contributed by atoms with Crippen molar-refractivity contribution in [3.8, 4) is 0 Å². The molecule has 6 heteroatoms. The van der Waals surface area contributed by atoms with E-state index in [0.717, 1.165) is 12.1 Å². The van der Waals surface area contributed by atoms with E-state index in [0.29, 0.717) is 0 Å². The summed E-state index contributed by atoms with van der Waals surface area (Å²) < 4.78 is 63.2. The molecule has 2 N–H and O–H groups in total. The van der Waals surface area contributed by atoms with Gasteiger partial charge in [-0.05, 0) is 17.7 Å². The molecule has 16 heavy (non-hydrogen) atoms. The molecule has 1 atom stereocenters. The second kappa shape index (κ2) is 4.37. The van der Waals surface area contributed by atoms with Crippen LogP contribution in [-0.4, -0.2) is 18.4 Å². The fourth-order valence-corrected chi connectivity index (χ4v) is 1.26. The van der Waals surface area contributed by atoms with E-state index in [1.807, 2.05) is 0 Å². The predicted octanol–water partition coefficient (Wildman–Crippen LogP) is 2.60. The van der Waals surface area contributed by atoms with Crippen LogP contribution in [0.5, 0.6) is 0 Å². The largest absolute Gasteiger partial charge is 0.424 e. The summed E-state index contributed by atoms with van der Waals surface area (Å²) in [5, 5.41) is 0. The summed E-state index contributed by atoms with van der Waals surface area (Å²) >= 11 is 0. The van der Waals surface area contributed by atoms with Gasteiger partial charge in [0.25, 0.3) is 0 Å². The van der Waals surface area contributed by atoms with Crippen molar-refractivity contribution in [2.24, 2.45) is 5.73 Å². The Bertz CT molecular complexity index is 362. The molecule has 0 bridgehead atoms. The van der Waals surface area contributed by atoms with Crippen LogP contribution < -0.4 is 5.73 Å². The van der Waals surface area contributed by atoms with Gasteiger partial charge < -0.3 is 5.73 Å². The molecule has 0 aliphatic rings. The third-order valence-electron chi connectivity index (χ3n) is 2.20. The van der Waals surface area contributed by atoms with Crippen LogP contribution in [0.15, 0.2) is 24.3 Å². The quantitative estimate of drug-likeness (QED) is 0.806. The van der Waals surface area contributed by atoms with Crippen LogP contribution in [0.1, 0.15) is 5.56 Å². The molecule has 0 aliphatic heterocycles. The van der Waals surface area contributed by atoms with Crippen LogP contribution >= 0.6 is 0 Å². The van der Waals surface area contributed by atoms with Gasteiger partial charge in [-0.3, -0.25) is 0 Å².